The maximum Gasteiger partial charge on any atom is 0.236 e. The van der Waals surface area contributed by atoms with E-state index in [4.69, 9.17) is 4.74 Å². The number of amides is 2. The van der Waals surface area contributed by atoms with E-state index in [0.29, 0.717) is 24.3 Å². The summed E-state index contributed by atoms with van der Waals surface area (Å²) >= 11 is 0. The van der Waals surface area contributed by atoms with Gasteiger partial charge < -0.3 is 15.0 Å². The van der Waals surface area contributed by atoms with E-state index in [2.05, 4.69) is 29.5 Å². The molecular weight excluding hydrogens is 470 g/mol. The Morgan fingerprint density at radius 1 is 1.00 bits per heavy atom. The van der Waals surface area contributed by atoms with Gasteiger partial charge in [0.05, 0.1) is 24.5 Å². The number of Topliss-reactive ketones (excluding diaryl/α,β-unsaturated/α-hetero) is 1. The van der Waals surface area contributed by atoms with Crippen molar-refractivity contribution in [3.8, 4) is 22.5 Å². The number of nitrogens with one attached hydrogen (secondary N) is 1. The van der Waals surface area contributed by atoms with Crippen molar-refractivity contribution < 1.29 is 19.1 Å². The molecule has 0 saturated carbocycles. The number of nitrogens with zero attached hydrogens (tertiary/aromatic N) is 4. The second-order valence-electron chi connectivity index (χ2n) is 9.68. The predicted molar refractivity (Wildman–Crippen MR) is 141 cm³/mol. The number of fused-ring (bicyclic) bond motifs is 5. The van der Waals surface area contributed by atoms with E-state index >= 15 is 0 Å². The minimum absolute atomic E-state index is 0.0485. The number of carbonyl (C=O) groups excluding carboxylic acids is 3. The zero-order valence-electron chi connectivity index (χ0n) is 21.7. The molecule has 9 heteroatoms. The Bertz CT molecular complexity index is 1300. The summed E-state index contributed by atoms with van der Waals surface area (Å²) < 4.78 is 7.26. The Kier molecular flexibility index (Phi) is 8.13. The zero-order chi connectivity index (χ0) is 26.5. The van der Waals surface area contributed by atoms with Crippen molar-refractivity contribution in [2.45, 2.75) is 53.1 Å². The van der Waals surface area contributed by atoms with Crippen LogP contribution in [0.1, 0.15) is 52.1 Å². The third kappa shape index (κ3) is 5.77. The molecule has 1 aromatic heterocycles. The normalized spacial score (nSPS) is 12.4. The van der Waals surface area contributed by atoms with Crippen molar-refractivity contribution in [3.05, 3.63) is 54.1 Å². The van der Waals surface area contributed by atoms with Crippen LogP contribution in [0.2, 0.25) is 0 Å². The molecule has 0 spiro atoms. The predicted octanol–water partition coefficient (Wildman–Crippen LogP) is 4.14. The molecule has 0 bridgehead atoms. The molecule has 37 heavy (non-hydrogen) atoms. The second kappa shape index (κ2) is 11.5. The number of rotatable bonds is 9. The van der Waals surface area contributed by atoms with Crippen LogP contribution >= 0.6 is 0 Å². The maximum absolute atomic E-state index is 13.5. The third-order valence-electron chi connectivity index (χ3n) is 6.36. The lowest BCUT2D eigenvalue weighted by Gasteiger charge is -2.28. The van der Waals surface area contributed by atoms with Gasteiger partial charge in [0, 0.05) is 29.5 Å². The zero-order valence-corrected chi connectivity index (χ0v) is 21.7. The highest BCUT2D eigenvalue weighted by Gasteiger charge is 2.30. The quantitative estimate of drug-likeness (QED) is 0.267. The van der Waals surface area contributed by atoms with Gasteiger partial charge >= 0.3 is 0 Å². The summed E-state index contributed by atoms with van der Waals surface area (Å²) in [5, 5.41) is 11.6. The number of para-hydroxylation sites is 1. The van der Waals surface area contributed by atoms with Gasteiger partial charge in [-0.2, -0.15) is 0 Å². The lowest BCUT2D eigenvalue weighted by molar-refractivity contribution is -0.129. The van der Waals surface area contributed by atoms with Crippen molar-refractivity contribution in [1.82, 2.24) is 20.3 Å². The molecule has 0 radical (unpaired) electrons. The highest BCUT2D eigenvalue weighted by atomic mass is 16.5. The number of ether oxygens (including phenoxy) is 1. The molecule has 9 nitrogen and oxygen atoms in total. The number of carbonyl (C=O) groups is 3. The smallest absolute Gasteiger partial charge is 0.236 e. The Morgan fingerprint density at radius 3 is 2.43 bits per heavy atom. The average Bonchev–Trinajstić information content (AvgIpc) is 3.31. The molecule has 2 amide bonds. The molecule has 0 aliphatic carbocycles. The number of hydrogen-bond acceptors (Lipinski definition) is 6. The monoisotopic (exact) mass is 503 g/mol. The number of ketones is 1. The highest BCUT2D eigenvalue weighted by molar-refractivity contribution is 6.07. The molecule has 0 unspecified atom stereocenters. The first-order valence-electron chi connectivity index (χ1n) is 12.6. The summed E-state index contributed by atoms with van der Waals surface area (Å²) in [7, 11) is 0. The molecule has 0 atom stereocenters. The van der Waals surface area contributed by atoms with Crippen LogP contribution in [0, 0.1) is 5.92 Å². The number of anilines is 1. The van der Waals surface area contributed by atoms with Crippen LogP contribution < -0.4 is 10.2 Å². The first-order valence-corrected chi connectivity index (χ1v) is 12.6. The van der Waals surface area contributed by atoms with Gasteiger partial charge in [0.25, 0.3) is 0 Å². The molecule has 1 aliphatic heterocycles. The summed E-state index contributed by atoms with van der Waals surface area (Å²) in [6.07, 6.45) is -0.0455. The van der Waals surface area contributed by atoms with Gasteiger partial charge in [0.1, 0.15) is 24.6 Å². The lowest BCUT2D eigenvalue weighted by Crippen LogP contribution is -2.37. The number of hydrogen-bond donors (Lipinski definition) is 1. The van der Waals surface area contributed by atoms with Gasteiger partial charge in [-0.3, -0.25) is 14.4 Å². The SMILES string of the molecule is CC(C)C(=O)CCOCNC(=O)CC(=O)N1Cc2ccccc2-c2c(nnn2C(C)C)-c2ccccc21. The highest BCUT2D eigenvalue weighted by Crippen LogP contribution is 2.41. The van der Waals surface area contributed by atoms with Gasteiger partial charge in [-0.15, -0.1) is 5.10 Å². The van der Waals surface area contributed by atoms with E-state index in [1.807, 2.05) is 67.1 Å². The molecule has 2 aromatic carbocycles. The Morgan fingerprint density at radius 2 is 1.70 bits per heavy atom. The largest absolute Gasteiger partial charge is 0.361 e. The molecule has 0 fully saturated rings. The molecule has 1 N–H and O–H groups in total. The summed E-state index contributed by atoms with van der Waals surface area (Å²) in [4.78, 5) is 39.3. The molecule has 0 saturated heterocycles. The molecular formula is C28H33N5O4. The van der Waals surface area contributed by atoms with Crippen LogP contribution in [0.4, 0.5) is 5.69 Å². The number of aromatic nitrogens is 3. The fourth-order valence-corrected chi connectivity index (χ4v) is 4.32. The molecule has 3 aromatic rings. The van der Waals surface area contributed by atoms with Crippen LogP contribution in [0.5, 0.6) is 0 Å². The minimum atomic E-state index is -0.445. The summed E-state index contributed by atoms with van der Waals surface area (Å²) in [5.74, 6) is -0.726. The van der Waals surface area contributed by atoms with Gasteiger partial charge in [-0.25, -0.2) is 4.68 Å². The lowest BCUT2D eigenvalue weighted by atomic mass is 9.95. The molecule has 2 heterocycles. The summed E-state index contributed by atoms with van der Waals surface area (Å²) in [6.45, 7) is 8.26. The Labute approximate surface area is 216 Å². The van der Waals surface area contributed by atoms with E-state index < -0.39 is 5.91 Å². The van der Waals surface area contributed by atoms with Gasteiger partial charge in [-0.1, -0.05) is 61.5 Å². The van der Waals surface area contributed by atoms with Crippen LogP contribution in [0.25, 0.3) is 22.5 Å². The minimum Gasteiger partial charge on any atom is -0.361 e. The van der Waals surface area contributed by atoms with E-state index in [-0.39, 0.29) is 43.4 Å². The standard InChI is InChI=1S/C28H33N5O4/c1-18(2)24(34)13-14-37-17-29-25(35)15-26(36)32-16-20-9-5-6-10-21(20)28-27(30-31-33(28)19(3)4)22-11-7-8-12-23(22)32/h5-12,18-19H,13-17H2,1-4H3,(H,29,35). The summed E-state index contributed by atoms with van der Waals surface area (Å²) in [5.41, 5.74) is 4.96. The molecule has 1 aliphatic rings. The van der Waals surface area contributed by atoms with Crippen molar-refractivity contribution in [2.24, 2.45) is 5.92 Å². The van der Waals surface area contributed by atoms with E-state index in [0.717, 1.165) is 22.4 Å². The Balaban J connectivity index is 1.56. The van der Waals surface area contributed by atoms with E-state index in [9.17, 15) is 14.4 Å². The third-order valence-corrected chi connectivity index (χ3v) is 6.36. The van der Waals surface area contributed by atoms with Crippen molar-refractivity contribution in [1.29, 1.82) is 0 Å². The molecule has 4 rings (SSSR count). The van der Waals surface area contributed by atoms with Crippen LogP contribution in [-0.2, 0) is 25.7 Å². The fourth-order valence-electron chi connectivity index (χ4n) is 4.32. The van der Waals surface area contributed by atoms with E-state index in [1.54, 1.807) is 4.90 Å². The van der Waals surface area contributed by atoms with Crippen LogP contribution in [0.3, 0.4) is 0 Å². The van der Waals surface area contributed by atoms with Crippen molar-refractivity contribution in [3.63, 3.8) is 0 Å². The van der Waals surface area contributed by atoms with Gasteiger partial charge in [0.15, 0.2) is 0 Å². The average molecular weight is 504 g/mol. The van der Waals surface area contributed by atoms with Crippen LogP contribution in [0.15, 0.2) is 48.5 Å². The van der Waals surface area contributed by atoms with E-state index in [1.165, 1.54) is 0 Å². The first kappa shape index (κ1) is 26.2. The number of benzene rings is 2. The van der Waals surface area contributed by atoms with Gasteiger partial charge in [0.2, 0.25) is 11.8 Å². The fraction of sp³-hybridized carbons (Fsp3) is 0.393. The Hall–Kier alpha value is -3.85. The summed E-state index contributed by atoms with van der Waals surface area (Å²) in [6, 6.07) is 15.6. The maximum atomic E-state index is 13.5. The van der Waals surface area contributed by atoms with Gasteiger partial charge in [-0.05, 0) is 25.5 Å². The van der Waals surface area contributed by atoms with Crippen LogP contribution in [-0.4, -0.2) is 45.9 Å². The topological polar surface area (TPSA) is 106 Å². The second-order valence-corrected chi connectivity index (χ2v) is 9.68. The van der Waals surface area contributed by atoms with Crippen molar-refractivity contribution in [2.75, 3.05) is 18.2 Å². The van der Waals surface area contributed by atoms with Crippen molar-refractivity contribution >= 4 is 23.3 Å². The molecule has 194 valence electrons. The first-order chi connectivity index (χ1) is 17.8.